The highest BCUT2D eigenvalue weighted by atomic mass is 32.2. The molecule has 0 spiro atoms. The van der Waals surface area contributed by atoms with Gasteiger partial charge >= 0.3 is 5.97 Å². The number of ether oxygens (including phenoxy) is 1. The van der Waals surface area contributed by atoms with Gasteiger partial charge in [-0.2, -0.15) is 11.8 Å². The third-order valence-electron chi connectivity index (χ3n) is 4.12. The van der Waals surface area contributed by atoms with E-state index in [1.807, 2.05) is 18.8 Å². The van der Waals surface area contributed by atoms with Crippen molar-refractivity contribution in [2.45, 2.75) is 49.3 Å². The molecular weight excluding hydrogens is 234 g/mol. The third-order valence-corrected chi connectivity index (χ3v) is 5.68. The van der Waals surface area contributed by atoms with Gasteiger partial charge in [0.1, 0.15) is 5.54 Å². The van der Waals surface area contributed by atoms with Crippen molar-refractivity contribution in [3.63, 3.8) is 0 Å². The van der Waals surface area contributed by atoms with Crippen LogP contribution in [0.2, 0.25) is 0 Å². The summed E-state index contributed by atoms with van der Waals surface area (Å²) in [6, 6.07) is 0. The van der Waals surface area contributed by atoms with E-state index in [4.69, 9.17) is 4.74 Å². The van der Waals surface area contributed by atoms with Gasteiger partial charge in [-0.3, -0.25) is 4.79 Å². The van der Waals surface area contributed by atoms with Crippen LogP contribution in [0.1, 0.15) is 38.5 Å². The van der Waals surface area contributed by atoms with Gasteiger partial charge in [0.25, 0.3) is 0 Å². The van der Waals surface area contributed by atoms with Crippen molar-refractivity contribution < 1.29 is 9.53 Å². The van der Waals surface area contributed by atoms with Crippen molar-refractivity contribution >= 4 is 17.7 Å². The lowest BCUT2D eigenvalue weighted by Crippen LogP contribution is -2.55. The van der Waals surface area contributed by atoms with Gasteiger partial charge < -0.3 is 10.1 Å². The maximum Gasteiger partial charge on any atom is 0.327 e. The average molecular weight is 257 g/mol. The predicted octanol–water partition coefficient (Wildman–Crippen LogP) is 2.20. The number of nitrogens with one attached hydrogen (secondary N) is 1. The van der Waals surface area contributed by atoms with E-state index in [0.29, 0.717) is 5.92 Å². The van der Waals surface area contributed by atoms with E-state index >= 15 is 0 Å². The van der Waals surface area contributed by atoms with E-state index in [9.17, 15) is 4.79 Å². The van der Waals surface area contributed by atoms with Crippen LogP contribution in [0, 0.1) is 5.92 Å². The molecule has 2 aliphatic carbocycles. The Morgan fingerprint density at radius 1 is 1.35 bits per heavy atom. The Hall–Kier alpha value is -0.220. The lowest BCUT2D eigenvalue weighted by molar-refractivity contribution is -0.148. The van der Waals surface area contributed by atoms with Crippen molar-refractivity contribution in [1.29, 1.82) is 0 Å². The number of carbonyl (C=O) groups excluding carboxylic acids is 1. The third kappa shape index (κ3) is 2.79. The number of hydrogen-bond acceptors (Lipinski definition) is 4. The minimum atomic E-state index is -0.429. The molecule has 2 aliphatic rings. The Morgan fingerprint density at radius 3 is 2.47 bits per heavy atom. The fourth-order valence-electron chi connectivity index (χ4n) is 2.78. The minimum Gasteiger partial charge on any atom is -0.468 e. The van der Waals surface area contributed by atoms with Crippen LogP contribution < -0.4 is 5.32 Å². The molecule has 3 nitrogen and oxygen atoms in total. The fourth-order valence-corrected chi connectivity index (χ4v) is 4.45. The highest BCUT2D eigenvalue weighted by Crippen LogP contribution is 2.43. The van der Waals surface area contributed by atoms with Crippen molar-refractivity contribution in [1.82, 2.24) is 5.32 Å². The molecule has 0 aliphatic heterocycles. The van der Waals surface area contributed by atoms with Crippen LogP contribution in [-0.4, -0.2) is 36.7 Å². The van der Waals surface area contributed by atoms with E-state index in [2.05, 4.69) is 5.32 Å². The summed E-state index contributed by atoms with van der Waals surface area (Å²) >= 11 is 1.96. The van der Waals surface area contributed by atoms with Gasteiger partial charge in [0, 0.05) is 11.0 Å². The first kappa shape index (κ1) is 13.2. The van der Waals surface area contributed by atoms with Crippen LogP contribution in [0.4, 0.5) is 0 Å². The predicted molar refractivity (Wildman–Crippen MR) is 71.2 cm³/mol. The first-order chi connectivity index (χ1) is 8.23. The maximum atomic E-state index is 12.1. The number of rotatable bonds is 6. The van der Waals surface area contributed by atoms with Gasteiger partial charge in [0.05, 0.1) is 7.11 Å². The molecule has 0 bridgehead atoms. The van der Waals surface area contributed by atoms with Gasteiger partial charge in [0.15, 0.2) is 0 Å². The Morgan fingerprint density at radius 2 is 2.00 bits per heavy atom. The Balaban J connectivity index is 1.96. The van der Waals surface area contributed by atoms with E-state index in [1.54, 1.807) is 0 Å². The molecule has 0 heterocycles. The van der Waals surface area contributed by atoms with Crippen molar-refractivity contribution in [2.24, 2.45) is 5.92 Å². The van der Waals surface area contributed by atoms with Crippen LogP contribution >= 0.6 is 11.8 Å². The average Bonchev–Trinajstić information content (AvgIpc) is 3.07. The quantitative estimate of drug-likeness (QED) is 0.740. The summed E-state index contributed by atoms with van der Waals surface area (Å²) in [7, 11) is 3.39. The summed E-state index contributed by atoms with van der Waals surface area (Å²) in [6.45, 7) is 0. The van der Waals surface area contributed by atoms with Crippen LogP contribution in [0.15, 0.2) is 0 Å². The number of thioether (sulfide) groups is 1. The zero-order valence-corrected chi connectivity index (χ0v) is 11.6. The second kappa shape index (κ2) is 5.61. The van der Waals surface area contributed by atoms with E-state index in [-0.39, 0.29) is 5.97 Å². The molecule has 0 radical (unpaired) electrons. The van der Waals surface area contributed by atoms with Gasteiger partial charge in [-0.05, 0) is 38.6 Å². The van der Waals surface area contributed by atoms with Gasteiger partial charge in [-0.15, -0.1) is 0 Å². The number of likely N-dealkylation sites (N-methyl/N-ethyl adjacent to an activating group) is 1. The Labute approximate surface area is 108 Å². The van der Waals surface area contributed by atoms with Crippen molar-refractivity contribution in [3.8, 4) is 0 Å². The Kier molecular flexibility index (Phi) is 4.36. The summed E-state index contributed by atoms with van der Waals surface area (Å²) in [4.78, 5) is 12.1. The molecule has 1 unspecified atom stereocenters. The van der Waals surface area contributed by atoms with E-state index in [0.717, 1.165) is 23.8 Å². The molecule has 98 valence electrons. The molecule has 0 aromatic carbocycles. The van der Waals surface area contributed by atoms with Crippen LogP contribution in [0.3, 0.4) is 0 Å². The molecule has 17 heavy (non-hydrogen) atoms. The first-order valence-corrected chi connectivity index (χ1v) is 7.66. The van der Waals surface area contributed by atoms with Crippen molar-refractivity contribution in [3.05, 3.63) is 0 Å². The van der Waals surface area contributed by atoms with Gasteiger partial charge in [-0.1, -0.05) is 12.8 Å². The standard InChI is InChI=1S/C13H23NO2S/c1-14-13(10-7-8-10,12(15)16-2)9-17-11-5-3-4-6-11/h10-11,14H,3-9H2,1-2H3. The van der Waals surface area contributed by atoms with Crippen LogP contribution in [0.5, 0.6) is 0 Å². The molecule has 1 atom stereocenters. The van der Waals surface area contributed by atoms with E-state index < -0.39 is 5.54 Å². The topological polar surface area (TPSA) is 38.3 Å². The normalized spacial score (nSPS) is 24.6. The van der Waals surface area contributed by atoms with E-state index in [1.165, 1.54) is 32.8 Å². The highest BCUT2D eigenvalue weighted by molar-refractivity contribution is 8.00. The molecule has 2 saturated carbocycles. The first-order valence-electron chi connectivity index (χ1n) is 6.62. The van der Waals surface area contributed by atoms with Crippen LogP contribution in [-0.2, 0) is 9.53 Å². The maximum absolute atomic E-state index is 12.1. The number of hydrogen-bond donors (Lipinski definition) is 1. The molecule has 0 aromatic rings. The summed E-state index contributed by atoms with van der Waals surface area (Å²) in [5.74, 6) is 1.27. The summed E-state index contributed by atoms with van der Waals surface area (Å²) < 4.78 is 5.01. The molecular formula is C13H23NO2S. The lowest BCUT2D eigenvalue weighted by Gasteiger charge is -2.31. The second-order valence-electron chi connectivity index (χ2n) is 5.20. The minimum absolute atomic E-state index is 0.0759. The summed E-state index contributed by atoms with van der Waals surface area (Å²) in [5.41, 5.74) is -0.429. The Bertz CT molecular complexity index is 275. The molecule has 1 N–H and O–H groups in total. The van der Waals surface area contributed by atoms with Crippen molar-refractivity contribution in [2.75, 3.05) is 19.9 Å². The zero-order valence-electron chi connectivity index (χ0n) is 10.8. The monoisotopic (exact) mass is 257 g/mol. The molecule has 0 aromatic heterocycles. The van der Waals surface area contributed by atoms with Gasteiger partial charge in [-0.25, -0.2) is 0 Å². The van der Waals surface area contributed by atoms with Crippen LogP contribution in [0.25, 0.3) is 0 Å². The zero-order chi connectivity index (χ0) is 12.3. The molecule has 0 saturated heterocycles. The fraction of sp³-hybridized carbons (Fsp3) is 0.923. The molecule has 2 rings (SSSR count). The number of esters is 1. The number of carbonyl (C=O) groups is 1. The number of methoxy groups -OCH3 is 1. The molecule has 2 fully saturated rings. The SMILES string of the molecule is CNC(CSC1CCCC1)(C(=O)OC)C1CC1. The second-order valence-corrected chi connectivity index (χ2v) is 6.49. The molecule has 0 amide bonds. The largest absolute Gasteiger partial charge is 0.468 e. The summed E-state index contributed by atoms with van der Waals surface area (Å²) in [5, 5.41) is 4.01. The van der Waals surface area contributed by atoms with Gasteiger partial charge in [0.2, 0.25) is 0 Å². The summed E-state index contributed by atoms with van der Waals surface area (Å²) in [6.07, 6.45) is 7.65. The lowest BCUT2D eigenvalue weighted by atomic mass is 9.96. The molecule has 4 heteroatoms. The smallest absolute Gasteiger partial charge is 0.327 e. The highest BCUT2D eigenvalue weighted by Gasteiger charge is 2.51.